The zero-order valence-electron chi connectivity index (χ0n) is 15.3. The van der Waals surface area contributed by atoms with Gasteiger partial charge >= 0.3 is 5.97 Å². The number of nitrogens with zero attached hydrogens (tertiary/aromatic N) is 1. The molecule has 1 aromatic rings. The first-order chi connectivity index (χ1) is 12.1. The Kier molecular flexibility index (Phi) is 7.76. The van der Waals surface area contributed by atoms with Crippen LogP contribution < -0.4 is 4.74 Å². The summed E-state index contributed by atoms with van der Waals surface area (Å²) in [5.41, 5.74) is 1.15. The van der Waals surface area contributed by atoms with E-state index in [0.717, 1.165) is 31.2 Å². The van der Waals surface area contributed by atoms with Gasteiger partial charge in [0.05, 0.1) is 13.0 Å². The third-order valence-electron chi connectivity index (χ3n) is 4.58. The molecule has 1 aromatic carbocycles. The van der Waals surface area contributed by atoms with Gasteiger partial charge in [0.1, 0.15) is 5.75 Å². The second-order valence-corrected chi connectivity index (χ2v) is 6.54. The predicted octanol–water partition coefficient (Wildman–Crippen LogP) is 3.49. The number of carbonyl (C=O) groups is 2. The van der Waals surface area contributed by atoms with Crippen LogP contribution in [0.3, 0.4) is 0 Å². The van der Waals surface area contributed by atoms with Gasteiger partial charge in [0.15, 0.2) is 6.61 Å². The first kappa shape index (κ1) is 19.3. The molecule has 0 heterocycles. The molecular formula is C20H29NO4. The fraction of sp³-hybridized carbons (Fsp3) is 0.600. The third-order valence-corrected chi connectivity index (χ3v) is 4.58. The molecule has 138 valence electrons. The van der Waals surface area contributed by atoms with Gasteiger partial charge in [-0.15, -0.1) is 0 Å². The summed E-state index contributed by atoms with van der Waals surface area (Å²) in [5.74, 6) is 0.375. The number of hydrogen-bond donors (Lipinski definition) is 0. The molecule has 0 aliphatic heterocycles. The molecule has 5 nitrogen and oxygen atoms in total. The lowest BCUT2D eigenvalue weighted by atomic mass is 9.94. The number of aryl methyl sites for hydroxylation is 1. The van der Waals surface area contributed by atoms with Crippen LogP contribution in [0, 0.1) is 6.92 Å². The second kappa shape index (κ2) is 10.1. The number of benzene rings is 1. The second-order valence-electron chi connectivity index (χ2n) is 6.54. The molecule has 1 aliphatic carbocycles. The molecule has 1 fully saturated rings. The molecular weight excluding hydrogens is 318 g/mol. The van der Waals surface area contributed by atoms with Crippen molar-refractivity contribution in [1.82, 2.24) is 4.90 Å². The Morgan fingerprint density at radius 2 is 1.80 bits per heavy atom. The highest BCUT2D eigenvalue weighted by Gasteiger charge is 2.26. The highest BCUT2D eigenvalue weighted by atomic mass is 16.5. The summed E-state index contributed by atoms with van der Waals surface area (Å²) in [4.78, 5) is 26.2. The van der Waals surface area contributed by atoms with Gasteiger partial charge in [0.25, 0.3) is 5.91 Å². The molecule has 0 N–H and O–H groups in total. The van der Waals surface area contributed by atoms with Crippen molar-refractivity contribution < 1.29 is 19.1 Å². The van der Waals surface area contributed by atoms with E-state index in [2.05, 4.69) is 0 Å². The Hall–Kier alpha value is -2.04. The van der Waals surface area contributed by atoms with Crippen LogP contribution in [0.5, 0.6) is 5.75 Å². The Bertz CT molecular complexity index is 549. The molecule has 5 heteroatoms. The predicted molar refractivity (Wildman–Crippen MR) is 96.5 cm³/mol. The lowest BCUT2D eigenvalue weighted by Gasteiger charge is -2.34. The van der Waals surface area contributed by atoms with E-state index in [1.54, 1.807) is 6.92 Å². The van der Waals surface area contributed by atoms with E-state index >= 15 is 0 Å². The molecule has 0 saturated heterocycles. The number of amides is 1. The van der Waals surface area contributed by atoms with Crippen LogP contribution in [-0.2, 0) is 14.3 Å². The zero-order valence-corrected chi connectivity index (χ0v) is 15.3. The van der Waals surface area contributed by atoms with Crippen LogP contribution >= 0.6 is 0 Å². The summed E-state index contributed by atoms with van der Waals surface area (Å²) >= 11 is 0. The summed E-state index contributed by atoms with van der Waals surface area (Å²) in [6.45, 7) is 4.57. The van der Waals surface area contributed by atoms with Gasteiger partial charge in [-0.3, -0.25) is 9.59 Å². The van der Waals surface area contributed by atoms with Crippen molar-refractivity contribution in [2.75, 3.05) is 19.8 Å². The number of ether oxygens (including phenoxy) is 2. The van der Waals surface area contributed by atoms with Crippen LogP contribution in [-0.4, -0.2) is 42.6 Å². The minimum absolute atomic E-state index is 0.00237. The van der Waals surface area contributed by atoms with Gasteiger partial charge in [-0.2, -0.15) is 0 Å². The lowest BCUT2D eigenvalue weighted by Crippen LogP contribution is -2.44. The van der Waals surface area contributed by atoms with Crippen molar-refractivity contribution in [3.63, 3.8) is 0 Å². The minimum atomic E-state index is -0.254. The Morgan fingerprint density at radius 3 is 2.44 bits per heavy atom. The van der Waals surface area contributed by atoms with Crippen LogP contribution in [0.1, 0.15) is 51.0 Å². The average molecular weight is 347 g/mol. The Morgan fingerprint density at radius 1 is 1.12 bits per heavy atom. The van der Waals surface area contributed by atoms with Gasteiger partial charge < -0.3 is 14.4 Å². The summed E-state index contributed by atoms with van der Waals surface area (Å²) in [5, 5.41) is 0. The number of rotatable bonds is 8. The summed E-state index contributed by atoms with van der Waals surface area (Å²) in [6.07, 6.45) is 5.72. The molecule has 1 aliphatic rings. The van der Waals surface area contributed by atoms with Crippen molar-refractivity contribution in [2.24, 2.45) is 0 Å². The van der Waals surface area contributed by atoms with Crippen molar-refractivity contribution in [1.29, 1.82) is 0 Å². The molecule has 25 heavy (non-hydrogen) atoms. The third kappa shape index (κ3) is 6.40. The molecule has 2 rings (SSSR count). The zero-order chi connectivity index (χ0) is 18.1. The van der Waals surface area contributed by atoms with E-state index in [9.17, 15) is 9.59 Å². The molecule has 1 saturated carbocycles. The van der Waals surface area contributed by atoms with Crippen LogP contribution in [0.4, 0.5) is 0 Å². The molecule has 0 spiro atoms. The van der Waals surface area contributed by atoms with Crippen molar-refractivity contribution in [3.05, 3.63) is 29.8 Å². The molecule has 0 unspecified atom stereocenters. The van der Waals surface area contributed by atoms with Gasteiger partial charge in [-0.1, -0.05) is 37.0 Å². The highest BCUT2D eigenvalue weighted by molar-refractivity contribution is 5.79. The van der Waals surface area contributed by atoms with E-state index < -0.39 is 0 Å². The van der Waals surface area contributed by atoms with Gasteiger partial charge in [-0.25, -0.2) is 0 Å². The maximum absolute atomic E-state index is 12.7. The monoisotopic (exact) mass is 347 g/mol. The molecule has 0 aromatic heterocycles. The minimum Gasteiger partial charge on any atom is -0.484 e. The quantitative estimate of drug-likeness (QED) is 0.676. The summed E-state index contributed by atoms with van der Waals surface area (Å²) in [7, 11) is 0. The normalized spacial score (nSPS) is 14.8. The van der Waals surface area contributed by atoms with Crippen LogP contribution in [0.25, 0.3) is 0 Å². The van der Waals surface area contributed by atoms with Crippen molar-refractivity contribution in [3.8, 4) is 5.75 Å². The van der Waals surface area contributed by atoms with Gasteiger partial charge in [0.2, 0.25) is 0 Å². The Labute approximate surface area is 150 Å². The van der Waals surface area contributed by atoms with E-state index in [4.69, 9.17) is 9.47 Å². The van der Waals surface area contributed by atoms with E-state index in [1.165, 1.54) is 6.42 Å². The Balaban J connectivity index is 1.93. The van der Waals surface area contributed by atoms with Crippen LogP contribution in [0.15, 0.2) is 24.3 Å². The van der Waals surface area contributed by atoms with E-state index in [-0.39, 0.29) is 30.9 Å². The van der Waals surface area contributed by atoms with E-state index in [1.807, 2.05) is 36.1 Å². The first-order valence-electron chi connectivity index (χ1n) is 9.24. The standard InChI is InChI=1S/C20H29NO4/c1-3-24-20(23)13-14-21(17-7-5-4-6-8-17)19(22)15-25-18-11-9-16(2)10-12-18/h9-12,17H,3-8,13-15H2,1-2H3. The average Bonchev–Trinajstić information content (AvgIpc) is 2.62. The van der Waals surface area contributed by atoms with Crippen molar-refractivity contribution in [2.45, 2.75) is 58.4 Å². The molecule has 1 amide bonds. The van der Waals surface area contributed by atoms with Gasteiger partial charge in [0, 0.05) is 12.6 Å². The SMILES string of the molecule is CCOC(=O)CCN(C(=O)COc1ccc(C)cc1)C1CCCCC1. The first-order valence-corrected chi connectivity index (χ1v) is 9.24. The number of hydrogen-bond acceptors (Lipinski definition) is 4. The maximum atomic E-state index is 12.7. The molecule has 0 atom stereocenters. The fourth-order valence-electron chi connectivity index (χ4n) is 3.21. The van der Waals surface area contributed by atoms with Crippen LogP contribution in [0.2, 0.25) is 0 Å². The molecule has 0 bridgehead atoms. The summed E-state index contributed by atoms with van der Waals surface area (Å²) in [6, 6.07) is 7.86. The highest BCUT2D eigenvalue weighted by Crippen LogP contribution is 2.23. The maximum Gasteiger partial charge on any atom is 0.307 e. The van der Waals surface area contributed by atoms with Gasteiger partial charge in [-0.05, 0) is 38.8 Å². The van der Waals surface area contributed by atoms with E-state index in [0.29, 0.717) is 18.9 Å². The smallest absolute Gasteiger partial charge is 0.307 e. The topological polar surface area (TPSA) is 55.8 Å². The fourth-order valence-corrected chi connectivity index (χ4v) is 3.21. The lowest BCUT2D eigenvalue weighted by molar-refractivity contribution is -0.145. The number of carbonyl (C=O) groups excluding carboxylic acids is 2. The summed E-state index contributed by atoms with van der Waals surface area (Å²) < 4.78 is 10.6. The number of esters is 1. The molecule has 0 radical (unpaired) electrons. The van der Waals surface area contributed by atoms with Crippen molar-refractivity contribution >= 4 is 11.9 Å². The largest absolute Gasteiger partial charge is 0.484 e.